The molecule has 8 heteroatoms. The Morgan fingerprint density at radius 1 is 1.12 bits per heavy atom. The van der Waals surface area contributed by atoms with Gasteiger partial charge < -0.3 is 5.32 Å². The highest BCUT2D eigenvalue weighted by Crippen LogP contribution is 2.29. The molecule has 0 atom stereocenters. The first kappa shape index (κ1) is 12.3. The lowest BCUT2D eigenvalue weighted by atomic mass is 10.3. The number of nitrogens with zero attached hydrogens (tertiary/aromatic N) is 3. The van der Waals surface area contributed by atoms with Gasteiger partial charge in [-0.3, -0.25) is 0 Å². The zero-order chi connectivity index (χ0) is 12.4. The van der Waals surface area contributed by atoms with Gasteiger partial charge in [-0.15, -0.1) is 10.2 Å². The maximum atomic E-state index is 13.5. The van der Waals surface area contributed by atoms with Crippen LogP contribution < -0.4 is 5.32 Å². The van der Waals surface area contributed by atoms with Crippen molar-refractivity contribution in [2.75, 3.05) is 5.32 Å². The first-order valence-electron chi connectivity index (χ1n) is 4.34. The molecule has 1 heterocycles. The van der Waals surface area contributed by atoms with Crippen LogP contribution in [0.2, 0.25) is 15.5 Å². The molecule has 17 heavy (non-hydrogen) atoms. The van der Waals surface area contributed by atoms with E-state index in [1.54, 1.807) is 0 Å². The fraction of sp³-hybridized carbons (Fsp3) is 0. The first-order chi connectivity index (χ1) is 8.08. The van der Waals surface area contributed by atoms with E-state index in [2.05, 4.69) is 20.5 Å². The Labute approximate surface area is 111 Å². The molecular formula is C9H4Cl3FN4. The third-order valence-electron chi connectivity index (χ3n) is 1.83. The summed E-state index contributed by atoms with van der Waals surface area (Å²) in [5.41, 5.74) is 0.0487. The Hall–Kier alpha value is -1.17. The zero-order valence-electron chi connectivity index (χ0n) is 8.09. The summed E-state index contributed by atoms with van der Waals surface area (Å²) in [4.78, 5) is 3.77. The number of hydrogen-bond donors (Lipinski definition) is 1. The molecule has 2 aromatic rings. The fourth-order valence-electron chi connectivity index (χ4n) is 1.11. The highest BCUT2D eigenvalue weighted by Gasteiger charge is 2.11. The molecule has 4 nitrogen and oxygen atoms in total. The van der Waals surface area contributed by atoms with Gasteiger partial charge in [-0.25, -0.2) is 4.39 Å². The number of anilines is 2. The van der Waals surface area contributed by atoms with Crippen molar-refractivity contribution in [3.8, 4) is 0 Å². The molecule has 0 aliphatic carbocycles. The Morgan fingerprint density at radius 2 is 1.88 bits per heavy atom. The molecule has 0 aliphatic heterocycles. The molecule has 0 amide bonds. The van der Waals surface area contributed by atoms with Gasteiger partial charge in [-0.05, 0) is 23.7 Å². The van der Waals surface area contributed by atoms with Gasteiger partial charge >= 0.3 is 0 Å². The van der Waals surface area contributed by atoms with E-state index in [0.717, 1.165) is 0 Å². The minimum Gasteiger partial charge on any atom is -0.334 e. The second-order valence-corrected chi connectivity index (χ2v) is 4.05. The second kappa shape index (κ2) is 5.00. The summed E-state index contributed by atoms with van der Waals surface area (Å²) in [7, 11) is 0. The molecule has 0 radical (unpaired) electrons. The monoisotopic (exact) mass is 292 g/mol. The lowest BCUT2D eigenvalue weighted by Gasteiger charge is -2.08. The van der Waals surface area contributed by atoms with Gasteiger partial charge in [0.1, 0.15) is 5.82 Å². The average molecular weight is 294 g/mol. The van der Waals surface area contributed by atoms with E-state index in [9.17, 15) is 4.39 Å². The summed E-state index contributed by atoms with van der Waals surface area (Å²) < 4.78 is 13.5. The van der Waals surface area contributed by atoms with Crippen LogP contribution in [-0.4, -0.2) is 15.2 Å². The minimum atomic E-state index is -0.539. The molecule has 0 bridgehead atoms. The van der Waals surface area contributed by atoms with Crippen LogP contribution in [0.5, 0.6) is 0 Å². The van der Waals surface area contributed by atoms with E-state index in [0.29, 0.717) is 0 Å². The quantitative estimate of drug-likeness (QED) is 0.917. The largest absolute Gasteiger partial charge is 0.334 e. The topological polar surface area (TPSA) is 50.7 Å². The molecule has 88 valence electrons. The predicted octanol–water partition coefficient (Wildman–Crippen LogP) is 3.71. The zero-order valence-corrected chi connectivity index (χ0v) is 10.4. The van der Waals surface area contributed by atoms with Crippen molar-refractivity contribution in [1.29, 1.82) is 0 Å². The predicted molar refractivity (Wildman–Crippen MR) is 64.5 cm³/mol. The molecule has 0 saturated carbocycles. The molecule has 0 spiro atoms. The van der Waals surface area contributed by atoms with E-state index >= 15 is 0 Å². The van der Waals surface area contributed by atoms with Crippen LogP contribution in [0.4, 0.5) is 15.9 Å². The number of halogens is 4. The number of para-hydroxylation sites is 1. The lowest BCUT2D eigenvalue weighted by molar-refractivity contribution is 0.632. The third kappa shape index (κ3) is 2.74. The highest BCUT2D eigenvalue weighted by molar-refractivity contribution is 6.34. The molecular weight excluding hydrogens is 289 g/mol. The van der Waals surface area contributed by atoms with Gasteiger partial charge in [0.25, 0.3) is 0 Å². The van der Waals surface area contributed by atoms with Crippen molar-refractivity contribution in [3.05, 3.63) is 39.5 Å². The Kier molecular flexibility index (Phi) is 3.61. The summed E-state index contributed by atoms with van der Waals surface area (Å²) in [6.45, 7) is 0. The summed E-state index contributed by atoms with van der Waals surface area (Å²) in [6, 6.07) is 4.26. The Bertz CT molecular complexity index is 544. The van der Waals surface area contributed by atoms with Gasteiger partial charge in [-0.2, -0.15) is 4.98 Å². The first-order valence-corrected chi connectivity index (χ1v) is 5.48. The normalized spacial score (nSPS) is 10.4. The molecule has 0 saturated heterocycles. The minimum absolute atomic E-state index is 0.0336. The number of benzene rings is 1. The van der Waals surface area contributed by atoms with Gasteiger partial charge in [-0.1, -0.05) is 29.3 Å². The van der Waals surface area contributed by atoms with Crippen molar-refractivity contribution in [3.63, 3.8) is 0 Å². The number of rotatable bonds is 2. The highest BCUT2D eigenvalue weighted by atomic mass is 35.5. The van der Waals surface area contributed by atoms with E-state index < -0.39 is 5.82 Å². The van der Waals surface area contributed by atoms with Crippen LogP contribution in [0.3, 0.4) is 0 Å². The van der Waals surface area contributed by atoms with Gasteiger partial charge in [0, 0.05) is 0 Å². The van der Waals surface area contributed by atoms with Crippen LogP contribution in [-0.2, 0) is 0 Å². The van der Waals surface area contributed by atoms with Gasteiger partial charge in [0.2, 0.25) is 5.28 Å². The van der Waals surface area contributed by atoms with E-state index in [1.807, 2.05) is 0 Å². The average Bonchev–Trinajstić information content (AvgIpc) is 2.28. The number of hydrogen-bond acceptors (Lipinski definition) is 4. The second-order valence-electron chi connectivity index (χ2n) is 2.94. The van der Waals surface area contributed by atoms with Crippen molar-refractivity contribution in [1.82, 2.24) is 15.2 Å². The van der Waals surface area contributed by atoms with Crippen LogP contribution in [0.1, 0.15) is 0 Å². The summed E-state index contributed by atoms with van der Waals surface area (Å²) in [5, 5.41) is 9.62. The van der Waals surface area contributed by atoms with Crippen molar-refractivity contribution >= 4 is 46.3 Å². The van der Waals surface area contributed by atoms with E-state index in [1.165, 1.54) is 18.2 Å². The standard InChI is InChI=1S/C9H4Cl3FN4/c10-4-2-1-3-5(13)6(4)14-8-7(11)16-17-9(12)15-8/h1-3H,(H,14,15,17). The van der Waals surface area contributed by atoms with E-state index in [-0.39, 0.29) is 27.0 Å². The number of nitrogens with one attached hydrogen (secondary N) is 1. The fourth-order valence-corrected chi connectivity index (χ4v) is 1.57. The van der Waals surface area contributed by atoms with Gasteiger partial charge in [0.05, 0.1) is 10.7 Å². The smallest absolute Gasteiger partial charge is 0.245 e. The molecule has 2 rings (SSSR count). The Morgan fingerprint density at radius 3 is 2.59 bits per heavy atom. The summed E-state index contributed by atoms with van der Waals surface area (Å²) >= 11 is 17.1. The Balaban J connectivity index is 2.41. The SMILES string of the molecule is Fc1cccc(Cl)c1Nc1nc(Cl)nnc1Cl. The van der Waals surface area contributed by atoms with E-state index in [4.69, 9.17) is 34.8 Å². The number of aromatic nitrogens is 3. The van der Waals surface area contributed by atoms with Crippen LogP contribution in [0.15, 0.2) is 18.2 Å². The van der Waals surface area contributed by atoms with Crippen LogP contribution in [0.25, 0.3) is 0 Å². The molecule has 1 N–H and O–H groups in total. The van der Waals surface area contributed by atoms with Crippen LogP contribution >= 0.6 is 34.8 Å². The molecule has 0 aliphatic rings. The summed E-state index contributed by atoms with van der Waals surface area (Å²) in [5.74, 6) is -0.457. The van der Waals surface area contributed by atoms with Crippen molar-refractivity contribution < 1.29 is 4.39 Å². The molecule has 0 unspecified atom stereocenters. The molecule has 1 aromatic heterocycles. The maximum absolute atomic E-state index is 13.5. The summed E-state index contributed by atoms with van der Waals surface area (Å²) in [6.07, 6.45) is 0. The molecule has 0 fully saturated rings. The maximum Gasteiger partial charge on any atom is 0.245 e. The third-order valence-corrected chi connectivity index (χ3v) is 2.56. The van der Waals surface area contributed by atoms with Gasteiger partial charge in [0.15, 0.2) is 11.0 Å². The van der Waals surface area contributed by atoms with Crippen LogP contribution in [0, 0.1) is 5.82 Å². The molecule has 1 aromatic carbocycles. The van der Waals surface area contributed by atoms with Crippen molar-refractivity contribution in [2.24, 2.45) is 0 Å². The van der Waals surface area contributed by atoms with Crippen molar-refractivity contribution in [2.45, 2.75) is 0 Å². The lowest BCUT2D eigenvalue weighted by Crippen LogP contribution is -2.01.